The predicted molar refractivity (Wildman–Crippen MR) is 80.4 cm³/mol. The monoisotopic (exact) mass is 286 g/mol. The zero-order valence-electron chi connectivity index (χ0n) is 11.2. The third-order valence-corrected chi connectivity index (χ3v) is 3.73. The Morgan fingerprint density at radius 3 is 2.80 bits per heavy atom. The molecule has 0 saturated carbocycles. The number of aryl methyl sites for hydroxylation is 3. The van der Waals surface area contributed by atoms with E-state index < -0.39 is 0 Å². The number of hydrogen-bond acceptors (Lipinski definition) is 2. The van der Waals surface area contributed by atoms with Gasteiger partial charge >= 0.3 is 0 Å². The maximum atomic E-state index is 12.2. The molecule has 3 rings (SSSR count). The molecule has 0 aliphatic heterocycles. The molecule has 1 N–H and O–H groups in total. The highest BCUT2D eigenvalue weighted by Crippen LogP contribution is 2.25. The van der Waals surface area contributed by atoms with Crippen LogP contribution in [-0.4, -0.2) is 10.9 Å². The van der Waals surface area contributed by atoms with Crippen molar-refractivity contribution in [3.8, 4) is 0 Å². The van der Waals surface area contributed by atoms with Crippen LogP contribution in [0.3, 0.4) is 0 Å². The first-order valence-corrected chi connectivity index (χ1v) is 7.07. The summed E-state index contributed by atoms with van der Waals surface area (Å²) >= 11 is 5.88. The van der Waals surface area contributed by atoms with Gasteiger partial charge in [0.15, 0.2) is 0 Å². The van der Waals surface area contributed by atoms with E-state index in [1.54, 1.807) is 12.1 Å². The number of nitrogens with zero attached hydrogens (tertiary/aromatic N) is 1. The number of amides is 1. The van der Waals surface area contributed by atoms with E-state index in [2.05, 4.69) is 22.4 Å². The van der Waals surface area contributed by atoms with Crippen LogP contribution in [0, 0.1) is 6.92 Å². The van der Waals surface area contributed by atoms with Crippen LogP contribution in [-0.2, 0) is 12.8 Å². The second kappa shape index (κ2) is 5.25. The molecule has 0 spiro atoms. The van der Waals surface area contributed by atoms with Crippen LogP contribution in [0.15, 0.2) is 30.3 Å². The average Bonchev–Trinajstić information content (AvgIpc) is 2.85. The SMILES string of the molecule is Cc1cc(C(=O)Nc2ccc3c(c2)CCC3)cc(Cl)n1. The number of benzene rings is 1. The number of anilines is 1. The van der Waals surface area contributed by atoms with Gasteiger partial charge in [-0.2, -0.15) is 0 Å². The second-order valence-electron chi connectivity index (χ2n) is 5.11. The van der Waals surface area contributed by atoms with Crippen LogP contribution in [0.5, 0.6) is 0 Å². The highest BCUT2D eigenvalue weighted by molar-refractivity contribution is 6.29. The molecule has 1 aliphatic carbocycles. The van der Waals surface area contributed by atoms with Crippen molar-refractivity contribution < 1.29 is 4.79 Å². The van der Waals surface area contributed by atoms with E-state index in [0.29, 0.717) is 10.7 Å². The van der Waals surface area contributed by atoms with Crippen LogP contribution in [0.25, 0.3) is 0 Å². The second-order valence-corrected chi connectivity index (χ2v) is 5.50. The number of pyridine rings is 1. The number of halogens is 1. The van der Waals surface area contributed by atoms with Crippen molar-refractivity contribution in [2.75, 3.05) is 5.32 Å². The van der Waals surface area contributed by atoms with Crippen molar-refractivity contribution in [1.29, 1.82) is 0 Å². The molecular formula is C16H15ClN2O. The van der Waals surface area contributed by atoms with E-state index in [1.807, 2.05) is 13.0 Å². The lowest BCUT2D eigenvalue weighted by molar-refractivity contribution is 0.102. The van der Waals surface area contributed by atoms with Gasteiger partial charge in [0.05, 0.1) is 0 Å². The molecule has 1 heterocycles. The van der Waals surface area contributed by atoms with Crippen molar-refractivity contribution in [1.82, 2.24) is 4.98 Å². The molecular weight excluding hydrogens is 272 g/mol. The van der Waals surface area contributed by atoms with E-state index in [9.17, 15) is 4.79 Å². The molecule has 102 valence electrons. The Hall–Kier alpha value is -1.87. The van der Waals surface area contributed by atoms with Crippen LogP contribution < -0.4 is 5.32 Å². The highest BCUT2D eigenvalue weighted by atomic mass is 35.5. The number of carbonyl (C=O) groups excluding carboxylic acids is 1. The van der Waals surface area contributed by atoms with Gasteiger partial charge in [-0.25, -0.2) is 4.98 Å². The lowest BCUT2D eigenvalue weighted by atomic mass is 10.1. The van der Waals surface area contributed by atoms with Crippen molar-refractivity contribution in [3.05, 3.63) is 57.9 Å². The van der Waals surface area contributed by atoms with Crippen LogP contribution >= 0.6 is 11.6 Å². The molecule has 0 bridgehead atoms. The van der Waals surface area contributed by atoms with Crippen molar-refractivity contribution in [3.63, 3.8) is 0 Å². The molecule has 1 aromatic heterocycles. The molecule has 1 aromatic carbocycles. The molecule has 1 aliphatic rings. The van der Waals surface area contributed by atoms with Gasteiger partial charge in [-0.05, 0) is 61.6 Å². The fraction of sp³-hybridized carbons (Fsp3) is 0.250. The standard InChI is InChI=1S/C16H15ClN2O/c1-10-7-13(9-15(17)18-10)16(20)19-14-6-5-11-3-2-4-12(11)8-14/h5-9H,2-4H2,1H3,(H,19,20). The maximum Gasteiger partial charge on any atom is 0.255 e. The summed E-state index contributed by atoms with van der Waals surface area (Å²) in [7, 11) is 0. The van der Waals surface area contributed by atoms with Gasteiger partial charge in [0.25, 0.3) is 5.91 Å². The smallest absolute Gasteiger partial charge is 0.255 e. The molecule has 4 heteroatoms. The van der Waals surface area contributed by atoms with Crippen LogP contribution in [0.4, 0.5) is 5.69 Å². The van der Waals surface area contributed by atoms with E-state index in [4.69, 9.17) is 11.6 Å². The fourth-order valence-electron chi connectivity index (χ4n) is 2.61. The Balaban J connectivity index is 1.82. The predicted octanol–water partition coefficient (Wildman–Crippen LogP) is 3.78. The Bertz CT molecular complexity index is 662. The van der Waals surface area contributed by atoms with Gasteiger partial charge < -0.3 is 5.32 Å². The molecule has 0 fully saturated rings. The molecule has 0 saturated heterocycles. The number of carbonyl (C=O) groups is 1. The summed E-state index contributed by atoms with van der Waals surface area (Å²) in [6.45, 7) is 1.82. The zero-order valence-corrected chi connectivity index (χ0v) is 12.0. The van der Waals surface area contributed by atoms with E-state index in [1.165, 1.54) is 17.5 Å². The maximum absolute atomic E-state index is 12.2. The Morgan fingerprint density at radius 1 is 1.20 bits per heavy atom. The van der Waals surface area contributed by atoms with E-state index >= 15 is 0 Å². The van der Waals surface area contributed by atoms with Gasteiger partial charge in [-0.15, -0.1) is 0 Å². The number of aromatic nitrogens is 1. The minimum Gasteiger partial charge on any atom is -0.322 e. The molecule has 3 nitrogen and oxygen atoms in total. The van der Waals surface area contributed by atoms with Gasteiger partial charge in [-0.3, -0.25) is 4.79 Å². The minimum absolute atomic E-state index is 0.157. The normalized spacial score (nSPS) is 13.1. The number of hydrogen-bond donors (Lipinski definition) is 1. The van der Waals surface area contributed by atoms with Crippen LogP contribution in [0.1, 0.15) is 33.6 Å². The lowest BCUT2D eigenvalue weighted by Crippen LogP contribution is -2.12. The summed E-state index contributed by atoms with van der Waals surface area (Å²) in [5.74, 6) is -0.157. The first-order valence-electron chi connectivity index (χ1n) is 6.69. The quantitative estimate of drug-likeness (QED) is 0.854. The molecule has 0 atom stereocenters. The first-order chi connectivity index (χ1) is 9.61. The minimum atomic E-state index is -0.157. The fourth-order valence-corrected chi connectivity index (χ4v) is 2.86. The Kier molecular flexibility index (Phi) is 3.45. The van der Waals surface area contributed by atoms with Gasteiger partial charge in [-0.1, -0.05) is 17.7 Å². The largest absolute Gasteiger partial charge is 0.322 e. The van der Waals surface area contributed by atoms with Crippen molar-refractivity contribution in [2.45, 2.75) is 26.2 Å². The average molecular weight is 287 g/mol. The Morgan fingerprint density at radius 2 is 2.00 bits per heavy atom. The zero-order chi connectivity index (χ0) is 14.1. The summed E-state index contributed by atoms with van der Waals surface area (Å²) < 4.78 is 0. The van der Waals surface area contributed by atoms with Crippen LogP contribution in [0.2, 0.25) is 5.15 Å². The van der Waals surface area contributed by atoms with E-state index in [-0.39, 0.29) is 5.91 Å². The lowest BCUT2D eigenvalue weighted by Gasteiger charge is -2.08. The summed E-state index contributed by atoms with van der Waals surface area (Å²) in [4.78, 5) is 16.3. The first kappa shape index (κ1) is 13.1. The summed E-state index contributed by atoms with van der Waals surface area (Å²) in [5, 5.41) is 3.25. The Labute approximate surface area is 123 Å². The number of rotatable bonds is 2. The van der Waals surface area contributed by atoms with Gasteiger partial charge in [0, 0.05) is 16.9 Å². The van der Waals surface area contributed by atoms with Crippen molar-refractivity contribution in [2.24, 2.45) is 0 Å². The third kappa shape index (κ3) is 2.68. The number of nitrogens with one attached hydrogen (secondary N) is 1. The number of fused-ring (bicyclic) bond motifs is 1. The molecule has 1 amide bonds. The summed E-state index contributed by atoms with van der Waals surface area (Å²) in [6, 6.07) is 9.43. The topological polar surface area (TPSA) is 42.0 Å². The molecule has 0 unspecified atom stereocenters. The summed E-state index contributed by atoms with van der Waals surface area (Å²) in [5.41, 5.74) is 4.83. The van der Waals surface area contributed by atoms with E-state index in [0.717, 1.165) is 24.2 Å². The molecule has 2 aromatic rings. The molecule has 0 radical (unpaired) electrons. The van der Waals surface area contributed by atoms with Gasteiger partial charge in [0.2, 0.25) is 0 Å². The molecule has 20 heavy (non-hydrogen) atoms. The van der Waals surface area contributed by atoms with Crippen molar-refractivity contribution >= 4 is 23.2 Å². The van der Waals surface area contributed by atoms with Gasteiger partial charge in [0.1, 0.15) is 5.15 Å². The third-order valence-electron chi connectivity index (χ3n) is 3.54. The summed E-state index contributed by atoms with van der Waals surface area (Å²) in [6.07, 6.45) is 3.44. The highest BCUT2D eigenvalue weighted by Gasteiger charge is 2.13.